The van der Waals surface area contributed by atoms with Crippen LogP contribution >= 0.6 is 0 Å². The average Bonchev–Trinajstić information content (AvgIpc) is 3.68. The number of nitrogens with zero attached hydrogens (tertiary/aromatic N) is 1. The van der Waals surface area contributed by atoms with Gasteiger partial charge in [0.1, 0.15) is 17.4 Å². The molecular formula is C46H54N2O8. The molecule has 1 aliphatic carbocycles. The molecule has 0 aliphatic heterocycles. The van der Waals surface area contributed by atoms with E-state index in [1.165, 1.54) is 13.2 Å². The highest BCUT2D eigenvalue weighted by molar-refractivity contribution is 5.87. The van der Waals surface area contributed by atoms with Crippen molar-refractivity contribution in [2.75, 3.05) is 19.0 Å². The van der Waals surface area contributed by atoms with Gasteiger partial charge in [0.25, 0.3) is 0 Å². The maximum atomic E-state index is 14.7. The molecule has 0 spiro atoms. The number of ketones is 1. The fourth-order valence-electron chi connectivity index (χ4n) is 8.30. The molecule has 0 amide bonds. The van der Waals surface area contributed by atoms with Crippen LogP contribution in [0.1, 0.15) is 81.9 Å². The minimum absolute atomic E-state index is 0.0317. The molecule has 296 valence electrons. The highest BCUT2D eigenvalue weighted by atomic mass is 16.5. The maximum Gasteiger partial charge on any atom is 0.200 e. The second-order valence-corrected chi connectivity index (χ2v) is 15.6. The van der Waals surface area contributed by atoms with Gasteiger partial charge in [0.2, 0.25) is 5.75 Å². The van der Waals surface area contributed by atoms with Crippen molar-refractivity contribution in [2.24, 2.45) is 11.8 Å². The fraction of sp³-hybridized carbons (Fsp3) is 0.391. The molecule has 0 saturated heterocycles. The van der Waals surface area contributed by atoms with Crippen molar-refractivity contribution in [2.45, 2.75) is 89.6 Å². The number of carbonyl (C=O) groups excluding carboxylic acids is 1. The molecule has 1 saturated carbocycles. The lowest BCUT2D eigenvalue weighted by molar-refractivity contribution is -0.130. The number of aliphatic hydroxyl groups is 1. The third-order valence-electron chi connectivity index (χ3n) is 11.2. The van der Waals surface area contributed by atoms with E-state index >= 15 is 0 Å². The van der Waals surface area contributed by atoms with Crippen LogP contribution in [-0.4, -0.2) is 56.1 Å². The highest BCUT2D eigenvalue weighted by Gasteiger charge is 2.49. The molecular weight excluding hydrogens is 709 g/mol. The van der Waals surface area contributed by atoms with Gasteiger partial charge in [-0.3, -0.25) is 4.79 Å². The minimum Gasteiger partial charge on any atom is -0.508 e. The molecule has 1 aromatic heterocycles. The number of rotatable bonds is 18. The number of aromatic nitrogens is 1. The number of hydrogen-bond donors (Lipinski definition) is 6. The summed E-state index contributed by atoms with van der Waals surface area (Å²) in [6.07, 6.45) is 6.92. The molecule has 0 radical (unpaired) electrons. The number of ether oxygens (including phenoxy) is 2. The fourth-order valence-corrected chi connectivity index (χ4v) is 8.30. The maximum absolute atomic E-state index is 14.7. The summed E-state index contributed by atoms with van der Waals surface area (Å²) in [5.41, 5.74) is 2.61. The van der Waals surface area contributed by atoms with E-state index < -0.39 is 17.4 Å². The Morgan fingerprint density at radius 2 is 1.57 bits per heavy atom. The lowest BCUT2D eigenvalue weighted by atomic mass is 9.64. The number of benzene rings is 4. The van der Waals surface area contributed by atoms with Crippen molar-refractivity contribution >= 4 is 28.1 Å². The molecule has 5 aromatic rings. The summed E-state index contributed by atoms with van der Waals surface area (Å²) in [5.74, 6) is 0.449. The van der Waals surface area contributed by atoms with Gasteiger partial charge in [-0.15, -0.1) is 0 Å². The van der Waals surface area contributed by atoms with Crippen molar-refractivity contribution in [1.29, 1.82) is 0 Å². The predicted molar refractivity (Wildman–Crippen MR) is 218 cm³/mol. The first-order valence-corrected chi connectivity index (χ1v) is 19.7. The summed E-state index contributed by atoms with van der Waals surface area (Å²) >= 11 is 0. The van der Waals surface area contributed by atoms with Crippen LogP contribution < -0.4 is 14.8 Å². The number of methoxy groups -OCH3 is 1. The number of aromatic hydroxyl groups is 4. The van der Waals surface area contributed by atoms with Crippen LogP contribution in [0.3, 0.4) is 0 Å². The number of nitrogens with one attached hydrogen (secondary N) is 1. The molecule has 10 nitrogen and oxygen atoms in total. The summed E-state index contributed by atoms with van der Waals surface area (Å²) in [5, 5.41) is 58.6. The Bertz CT molecular complexity index is 2130. The Hall–Kier alpha value is -5.48. The predicted octanol–water partition coefficient (Wildman–Crippen LogP) is 9.25. The number of aliphatic hydroxyl groups excluding tert-OH is 1. The van der Waals surface area contributed by atoms with Crippen LogP contribution in [0.25, 0.3) is 10.8 Å². The van der Waals surface area contributed by atoms with E-state index in [0.717, 1.165) is 53.3 Å². The Labute approximate surface area is 328 Å². The van der Waals surface area contributed by atoms with Crippen LogP contribution in [0.5, 0.6) is 34.5 Å². The van der Waals surface area contributed by atoms with E-state index in [2.05, 4.69) is 24.1 Å². The van der Waals surface area contributed by atoms with Gasteiger partial charge < -0.3 is 40.3 Å². The van der Waals surface area contributed by atoms with E-state index in [4.69, 9.17) is 9.47 Å². The zero-order valence-electron chi connectivity index (χ0n) is 32.5. The Kier molecular flexibility index (Phi) is 12.9. The first kappa shape index (κ1) is 40.2. The number of pyridine rings is 1. The van der Waals surface area contributed by atoms with Gasteiger partial charge in [0, 0.05) is 23.7 Å². The number of phenolic OH excluding ortho intramolecular Hbond substituents is 4. The van der Waals surface area contributed by atoms with Gasteiger partial charge in [-0.2, -0.15) is 0 Å². The Morgan fingerprint density at radius 1 is 0.821 bits per heavy atom. The molecule has 4 aromatic carbocycles. The van der Waals surface area contributed by atoms with E-state index in [1.54, 1.807) is 42.6 Å². The lowest BCUT2D eigenvalue weighted by Gasteiger charge is -2.40. The van der Waals surface area contributed by atoms with Crippen LogP contribution in [-0.2, 0) is 23.1 Å². The van der Waals surface area contributed by atoms with Crippen LogP contribution in [0.15, 0.2) is 85.1 Å². The minimum atomic E-state index is -0.991. The number of fused-ring (bicyclic) bond motifs is 1. The number of phenols is 4. The van der Waals surface area contributed by atoms with Gasteiger partial charge in [-0.1, -0.05) is 44.9 Å². The van der Waals surface area contributed by atoms with E-state index in [1.807, 2.05) is 36.4 Å². The van der Waals surface area contributed by atoms with Crippen molar-refractivity contribution in [3.63, 3.8) is 0 Å². The van der Waals surface area contributed by atoms with Crippen LogP contribution in [0.4, 0.5) is 11.5 Å². The molecule has 56 heavy (non-hydrogen) atoms. The smallest absolute Gasteiger partial charge is 0.200 e. The molecule has 10 heteroatoms. The Balaban J connectivity index is 1.28. The third kappa shape index (κ3) is 9.48. The van der Waals surface area contributed by atoms with E-state index in [9.17, 15) is 30.3 Å². The molecule has 6 N–H and O–H groups in total. The van der Waals surface area contributed by atoms with Gasteiger partial charge in [0.15, 0.2) is 23.0 Å². The van der Waals surface area contributed by atoms with Gasteiger partial charge >= 0.3 is 0 Å². The second kappa shape index (κ2) is 18.0. The number of anilines is 2. The first-order valence-electron chi connectivity index (χ1n) is 19.7. The monoisotopic (exact) mass is 762 g/mol. The zero-order valence-corrected chi connectivity index (χ0v) is 32.5. The van der Waals surface area contributed by atoms with E-state index in [-0.39, 0.29) is 47.4 Å². The van der Waals surface area contributed by atoms with Crippen LogP contribution in [0, 0.1) is 11.8 Å². The molecule has 0 unspecified atom stereocenters. The second-order valence-electron chi connectivity index (χ2n) is 15.6. The molecule has 1 heterocycles. The van der Waals surface area contributed by atoms with Crippen LogP contribution in [0.2, 0.25) is 0 Å². The quantitative estimate of drug-likeness (QED) is 0.0375. The van der Waals surface area contributed by atoms with E-state index in [0.29, 0.717) is 55.3 Å². The number of Topliss-reactive ketones (excluding diaryl/α,β-unsaturated/α-hetero) is 1. The van der Waals surface area contributed by atoms with Crippen molar-refractivity contribution in [3.05, 3.63) is 102 Å². The average molecular weight is 763 g/mol. The largest absolute Gasteiger partial charge is 0.508 e. The number of hydrogen-bond acceptors (Lipinski definition) is 10. The summed E-state index contributed by atoms with van der Waals surface area (Å²) < 4.78 is 11.2. The molecule has 2 atom stereocenters. The summed E-state index contributed by atoms with van der Waals surface area (Å²) in [6, 6.07) is 23.3. The number of carbonyl (C=O) groups is 1. The van der Waals surface area contributed by atoms with Gasteiger partial charge in [-0.05, 0) is 139 Å². The van der Waals surface area contributed by atoms with Gasteiger partial charge in [0.05, 0.1) is 25.7 Å². The normalized spacial score (nSPS) is 14.8. The van der Waals surface area contributed by atoms with Crippen molar-refractivity contribution < 1.29 is 39.8 Å². The summed E-state index contributed by atoms with van der Waals surface area (Å²) in [4.78, 5) is 19.3. The highest BCUT2D eigenvalue weighted by Crippen LogP contribution is 2.50. The summed E-state index contributed by atoms with van der Waals surface area (Å²) in [6.45, 7) is 4.66. The zero-order chi connectivity index (χ0) is 39.8. The van der Waals surface area contributed by atoms with Crippen molar-refractivity contribution in [1.82, 2.24) is 4.98 Å². The molecule has 1 aliphatic rings. The van der Waals surface area contributed by atoms with Crippen molar-refractivity contribution in [3.8, 4) is 34.5 Å². The Morgan fingerprint density at radius 3 is 2.34 bits per heavy atom. The lowest BCUT2D eigenvalue weighted by Crippen LogP contribution is -2.45. The number of aryl methyl sites for hydroxylation is 2. The molecule has 0 bridgehead atoms. The molecule has 1 fully saturated rings. The SMILES string of the molecule is COc1cc(CC[C@@H](O)[C@H](C(=O)CCc2cc(O)c(O)c(OCCCC(C)C)c2)C2(c3ccnc(Nc4ccc5cc(O)ccc5c4)c3)CCCC2)ccc1O. The topological polar surface area (TPSA) is 162 Å². The summed E-state index contributed by atoms with van der Waals surface area (Å²) in [7, 11) is 1.49. The third-order valence-corrected chi connectivity index (χ3v) is 11.2. The standard InChI is InChI=1S/C46H54N2O8/c1-29(2)7-6-22-56-42-25-31(23-40(53)45(42)54)10-17-39(52)44(38(51)16-9-30-8-15-37(50)41(24-30)55-3)46(19-4-5-20-46)34-18-21-47-43(28-34)48-35-13-11-33-27-36(49)14-12-32(33)26-35/h8,11-15,18,21,23-29,38,44,49-51,53-54H,4-7,9-10,16-17,19-20,22H2,1-3H3,(H,47,48)/t38-,44-/m1/s1. The molecule has 6 rings (SSSR count). The first-order chi connectivity index (χ1) is 26.9. The van der Waals surface area contributed by atoms with Gasteiger partial charge in [-0.25, -0.2) is 4.98 Å².